The van der Waals surface area contributed by atoms with Crippen LogP contribution in [0, 0.1) is 0 Å². The van der Waals surface area contributed by atoms with Crippen LogP contribution >= 0.6 is 15.9 Å². The van der Waals surface area contributed by atoms with Gasteiger partial charge in [-0.1, -0.05) is 22.0 Å². The van der Waals surface area contributed by atoms with E-state index in [4.69, 9.17) is 4.74 Å². The third-order valence-electron chi connectivity index (χ3n) is 4.06. The summed E-state index contributed by atoms with van der Waals surface area (Å²) < 4.78 is 8.45. The smallest absolute Gasteiger partial charge is 0.248 e. The molecule has 1 aliphatic rings. The summed E-state index contributed by atoms with van der Waals surface area (Å²) in [5.74, 6) is 0.770. The molecule has 0 aliphatic carbocycles. The molecule has 24 heavy (non-hydrogen) atoms. The van der Waals surface area contributed by atoms with Gasteiger partial charge in [0, 0.05) is 28.2 Å². The molecule has 3 heterocycles. The fraction of sp³-hybridized carbons (Fsp3) is 0.312. The Morgan fingerprint density at radius 2 is 2.38 bits per heavy atom. The van der Waals surface area contributed by atoms with Gasteiger partial charge < -0.3 is 9.30 Å². The lowest BCUT2D eigenvalue weighted by atomic mass is 10.2. The molecule has 1 atom stereocenters. The number of nitrogens with zero attached hydrogens (tertiary/aromatic N) is 3. The molecule has 1 amide bonds. The number of halogens is 1. The van der Waals surface area contributed by atoms with Crippen molar-refractivity contribution in [2.75, 3.05) is 11.9 Å². The number of benzene rings is 1. The van der Waals surface area contributed by atoms with Crippen molar-refractivity contribution in [3.05, 3.63) is 40.8 Å². The average molecular weight is 390 g/mol. The zero-order chi connectivity index (χ0) is 16.5. The van der Waals surface area contributed by atoms with Crippen LogP contribution in [0.1, 0.15) is 24.8 Å². The number of aromatic amines is 1. The number of anilines is 1. The molecular weight excluding hydrogens is 374 g/mol. The molecule has 2 N–H and O–H groups in total. The lowest BCUT2D eigenvalue weighted by molar-refractivity contribution is -0.116. The number of amides is 1. The highest BCUT2D eigenvalue weighted by atomic mass is 79.9. The first-order valence-corrected chi connectivity index (χ1v) is 8.57. The molecule has 3 aromatic rings. The molecule has 8 heteroatoms. The second kappa shape index (κ2) is 6.37. The Morgan fingerprint density at radius 3 is 3.21 bits per heavy atom. The summed E-state index contributed by atoms with van der Waals surface area (Å²) in [6, 6.07) is 7.89. The zero-order valence-electron chi connectivity index (χ0n) is 12.8. The van der Waals surface area contributed by atoms with Gasteiger partial charge in [-0.2, -0.15) is 4.98 Å². The summed E-state index contributed by atoms with van der Waals surface area (Å²) in [5, 5.41) is 10.7. The van der Waals surface area contributed by atoms with Crippen LogP contribution in [0.4, 0.5) is 5.95 Å². The molecule has 1 aliphatic heterocycles. The van der Waals surface area contributed by atoms with Crippen LogP contribution in [0.3, 0.4) is 0 Å². The van der Waals surface area contributed by atoms with Gasteiger partial charge in [-0.05, 0) is 31.0 Å². The fourth-order valence-corrected chi connectivity index (χ4v) is 3.40. The quantitative estimate of drug-likeness (QED) is 0.717. The van der Waals surface area contributed by atoms with Gasteiger partial charge >= 0.3 is 0 Å². The standard InChI is InChI=1S/C16H16BrN5O2/c17-11-3-1-4-12-10(11)6-7-22(12)9-14(23)18-16-19-15(20-21-16)13-5-2-8-24-13/h1,3-4,6-7,13H,2,5,8-9H2,(H2,18,19,20,21,23)/t13-/m0/s1. The number of aromatic nitrogens is 4. The lowest BCUT2D eigenvalue weighted by Crippen LogP contribution is -2.19. The minimum Gasteiger partial charge on any atom is -0.370 e. The van der Waals surface area contributed by atoms with E-state index in [1.54, 1.807) is 0 Å². The predicted octanol–water partition coefficient (Wildman–Crippen LogP) is 3.01. The molecule has 0 radical (unpaired) electrons. The van der Waals surface area contributed by atoms with Gasteiger partial charge in [-0.3, -0.25) is 15.2 Å². The number of hydrogen-bond donors (Lipinski definition) is 2. The van der Waals surface area contributed by atoms with E-state index in [1.807, 2.05) is 35.0 Å². The van der Waals surface area contributed by atoms with Gasteiger partial charge in [0.15, 0.2) is 5.82 Å². The molecule has 0 unspecified atom stereocenters. The second-order valence-electron chi connectivity index (χ2n) is 5.71. The van der Waals surface area contributed by atoms with Crippen molar-refractivity contribution in [2.24, 2.45) is 0 Å². The molecule has 1 fully saturated rings. The Morgan fingerprint density at radius 1 is 1.46 bits per heavy atom. The Kier molecular flexibility index (Phi) is 4.07. The van der Waals surface area contributed by atoms with Crippen molar-refractivity contribution in [1.82, 2.24) is 19.7 Å². The first-order valence-electron chi connectivity index (χ1n) is 7.78. The third kappa shape index (κ3) is 2.94. The largest absolute Gasteiger partial charge is 0.370 e. The van der Waals surface area contributed by atoms with Gasteiger partial charge in [0.1, 0.15) is 12.6 Å². The Bertz CT molecular complexity index is 882. The molecular formula is C16H16BrN5O2. The van der Waals surface area contributed by atoms with E-state index < -0.39 is 0 Å². The van der Waals surface area contributed by atoms with Crippen molar-refractivity contribution in [2.45, 2.75) is 25.5 Å². The molecule has 1 aromatic carbocycles. The highest BCUT2D eigenvalue weighted by Gasteiger charge is 2.21. The fourth-order valence-electron chi connectivity index (χ4n) is 2.91. The molecule has 0 spiro atoms. The van der Waals surface area contributed by atoms with Crippen LogP contribution in [0.5, 0.6) is 0 Å². The molecule has 0 bridgehead atoms. The van der Waals surface area contributed by atoms with Crippen molar-refractivity contribution in [3.8, 4) is 0 Å². The Balaban J connectivity index is 1.45. The van der Waals surface area contributed by atoms with E-state index >= 15 is 0 Å². The van der Waals surface area contributed by atoms with Gasteiger partial charge in [0.2, 0.25) is 11.9 Å². The normalized spacial score (nSPS) is 17.5. The van der Waals surface area contributed by atoms with Gasteiger partial charge in [0.05, 0.1) is 0 Å². The molecule has 2 aromatic heterocycles. The Hall–Kier alpha value is -2.19. The zero-order valence-corrected chi connectivity index (χ0v) is 14.4. The molecule has 1 saturated heterocycles. The number of ether oxygens (including phenoxy) is 1. The molecule has 7 nitrogen and oxygen atoms in total. The molecule has 4 rings (SSSR count). The predicted molar refractivity (Wildman–Crippen MR) is 92.6 cm³/mol. The second-order valence-corrected chi connectivity index (χ2v) is 6.56. The van der Waals surface area contributed by atoms with E-state index in [2.05, 4.69) is 36.4 Å². The monoisotopic (exact) mass is 389 g/mol. The number of carbonyl (C=O) groups is 1. The number of rotatable bonds is 4. The number of carbonyl (C=O) groups excluding carboxylic acids is 1. The topological polar surface area (TPSA) is 84.8 Å². The number of hydrogen-bond acceptors (Lipinski definition) is 4. The van der Waals surface area contributed by atoms with E-state index in [0.717, 1.165) is 34.8 Å². The van der Waals surface area contributed by atoms with Crippen molar-refractivity contribution >= 4 is 38.7 Å². The van der Waals surface area contributed by atoms with Gasteiger partial charge in [-0.15, -0.1) is 5.10 Å². The van der Waals surface area contributed by atoms with E-state index in [0.29, 0.717) is 5.82 Å². The summed E-state index contributed by atoms with van der Waals surface area (Å²) in [7, 11) is 0. The SMILES string of the molecule is O=C(Cn1ccc2c(Br)cccc21)Nc1n[nH]c([C@@H]2CCCO2)n1. The maximum absolute atomic E-state index is 12.3. The first-order chi connectivity index (χ1) is 11.7. The molecule has 124 valence electrons. The third-order valence-corrected chi connectivity index (χ3v) is 4.75. The van der Waals surface area contributed by atoms with Crippen molar-refractivity contribution in [3.63, 3.8) is 0 Å². The number of nitrogens with one attached hydrogen (secondary N) is 2. The lowest BCUT2D eigenvalue weighted by Gasteiger charge is -2.05. The van der Waals surface area contributed by atoms with Crippen LogP contribution in [-0.4, -0.2) is 32.3 Å². The maximum Gasteiger partial charge on any atom is 0.248 e. The summed E-state index contributed by atoms with van der Waals surface area (Å²) >= 11 is 3.52. The van der Waals surface area contributed by atoms with Crippen LogP contribution < -0.4 is 5.32 Å². The van der Waals surface area contributed by atoms with E-state index in [1.165, 1.54) is 0 Å². The minimum atomic E-state index is -0.176. The summed E-state index contributed by atoms with van der Waals surface area (Å²) in [5.41, 5.74) is 0.995. The highest BCUT2D eigenvalue weighted by Crippen LogP contribution is 2.26. The van der Waals surface area contributed by atoms with E-state index in [-0.39, 0.29) is 24.5 Å². The molecule has 0 saturated carbocycles. The van der Waals surface area contributed by atoms with E-state index in [9.17, 15) is 4.79 Å². The number of fused-ring (bicyclic) bond motifs is 1. The number of H-pyrrole nitrogens is 1. The van der Waals surface area contributed by atoms with Crippen molar-refractivity contribution in [1.29, 1.82) is 0 Å². The first kappa shape index (κ1) is 15.3. The summed E-state index contributed by atoms with van der Waals surface area (Å²) in [6.45, 7) is 0.938. The van der Waals surface area contributed by atoms with Gasteiger partial charge in [-0.25, -0.2) is 0 Å². The summed E-state index contributed by atoms with van der Waals surface area (Å²) in [6.07, 6.45) is 3.79. The summed E-state index contributed by atoms with van der Waals surface area (Å²) in [4.78, 5) is 16.6. The highest BCUT2D eigenvalue weighted by molar-refractivity contribution is 9.10. The van der Waals surface area contributed by atoms with Crippen LogP contribution in [-0.2, 0) is 16.1 Å². The van der Waals surface area contributed by atoms with Gasteiger partial charge in [0.25, 0.3) is 0 Å². The van der Waals surface area contributed by atoms with Crippen LogP contribution in [0.15, 0.2) is 34.9 Å². The minimum absolute atomic E-state index is 0.0473. The maximum atomic E-state index is 12.3. The van der Waals surface area contributed by atoms with Crippen molar-refractivity contribution < 1.29 is 9.53 Å². The average Bonchev–Trinajstić information content (AvgIpc) is 3.28. The van der Waals surface area contributed by atoms with Crippen LogP contribution in [0.2, 0.25) is 0 Å². The van der Waals surface area contributed by atoms with Crippen LogP contribution in [0.25, 0.3) is 10.9 Å². The Labute approximate surface area is 146 Å².